The molecule has 0 bridgehead atoms. The number of urea groups is 2. The zero-order valence-electron chi connectivity index (χ0n) is 12.3. The van der Waals surface area contributed by atoms with Crippen molar-refractivity contribution in [2.75, 3.05) is 10.6 Å². The molecule has 7 nitrogen and oxygen atoms in total. The van der Waals surface area contributed by atoms with Crippen LogP contribution in [0.3, 0.4) is 0 Å². The highest BCUT2D eigenvalue weighted by molar-refractivity contribution is 9.10. The Kier molecular flexibility index (Phi) is 6.88. The van der Waals surface area contributed by atoms with E-state index in [2.05, 4.69) is 38.0 Å². The van der Waals surface area contributed by atoms with Gasteiger partial charge in [0, 0.05) is 4.47 Å². The first-order valence-electron chi connectivity index (χ1n) is 6.46. The van der Waals surface area contributed by atoms with E-state index in [0.29, 0.717) is 11.4 Å². The van der Waals surface area contributed by atoms with Crippen molar-refractivity contribution in [2.45, 2.75) is 6.92 Å². The number of nitrogens with one attached hydrogen (secondary N) is 2. The van der Waals surface area contributed by atoms with Gasteiger partial charge in [-0.25, -0.2) is 9.59 Å². The van der Waals surface area contributed by atoms with Crippen molar-refractivity contribution in [3.63, 3.8) is 0 Å². The van der Waals surface area contributed by atoms with Gasteiger partial charge in [-0.3, -0.25) is 0 Å². The van der Waals surface area contributed by atoms with Crippen LogP contribution in [0.2, 0.25) is 0 Å². The fourth-order valence-corrected chi connectivity index (χ4v) is 1.97. The van der Waals surface area contributed by atoms with Gasteiger partial charge in [0.05, 0.1) is 11.4 Å². The molecule has 7 N–H and O–H groups in total. The maximum atomic E-state index is 11.8. The first-order valence-corrected chi connectivity index (χ1v) is 7.26. The second kappa shape index (κ2) is 8.64. The van der Waals surface area contributed by atoms with Crippen LogP contribution in [0.1, 0.15) is 5.56 Å². The number of carbonyl (C=O) groups is 2. The molecule has 122 valence electrons. The van der Waals surface area contributed by atoms with Gasteiger partial charge in [0.1, 0.15) is 5.75 Å². The molecule has 0 spiro atoms. The van der Waals surface area contributed by atoms with Gasteiger partial charge in [-0.2, -0.15) is 0 Å². The Balaban J connectivity index is 0.000000593. The monoisotopic (exact) mass is 380 g/mol. The van der Waals surface area contributed by atoms with Gasteiger partial charge in [-0.05, 0) is 52.7 Å². The van der Waals surface area contributed by atoms with Crippen molar-refractivity contribution in [3.8, 4) is 5.75 Å². The van der Waals surface area contributed by atoms with Crippen molar-refractivity contribution < 1.29 is 14.7 Å². The quantitative estimate of drug-likeness (QED) is 0.512. The summed E-state index contributed by atoms with van der Waals surface area (Å²) in [6.07, 6.45) is 0. The first kappa shape index (κ1) is 18.3. The van der Waals surface area contributed by atoms with E-state index in [9.17, 15) is 9.90 Å². The van der Waals surface area contributed by atoms with E-state index in [1.54, 1.807) is 18.2 Å². The summed E-state index contributed by atoms with van der Waals surface area (Å²) in [7, 11) is 0. The Hall–Kier alpha value is -2.74. The third-order valence-corrected chi connectivity index (χ3v) is 3.21. The number of hydrogen-bond acceptors (Lipinski definition) is 3. The Morgan fingerprint density at radius 1 is 1.04 bits per heavy atom. The normalized spacial score (nSPS) is 9.30. The number of aryl methyl sites for hydroxylation is 1. The lowest BCUT2D eigenvalue weighted by molar-refractivity contribution is 0.256. The van der Waals surface area contributed by atoms with Crippen molar-refractivity contribution in [3.05, 3.63) is 52.5 Å². The maximum Gasteiger partial charge on any atom is 0.323 e. The molecule has 0 saturated heterocycles. The fraction of sp³-hybridized carbons (Fsp3) is 0.0667. The lowest BCUT2D eigenvalue weighted by Crippen LogP contribution is -2.19. The molecule has 0 aliphatic carbocycles. The molecule has 2 aromatic rings. The first-order chi connectivity index (χ1) is 10.8. The number of nitrogens with two attached hydrogens (primary N) is 2. The molecule has 0 aliphatic heterocycles. The van der Waals surface area contributed by atoms with E-state index in [1.807, 2.05) is 31.2 Å². The highest BCUT2D eigenvalue weighted by Crippen LogP contribution is 2.25. The van der Waals surface area contributed by atoms with Gasteiger partial charge >= 0.3 is 12.1 Å². The van der Waals surface area contributed by atoms with Crippen molar-refractivity contribution in [1.82, 2.24) is 0 Å². The van der Waals surface area contributed by atoms with E-state index < -0.39 is 12.1 Å². The molecular weight excluding hydrogens is 364 g/mol. The highest BCUT2D eigenvalue weighted by Gasteiger charge is 2.07. The Morgan fingerprint density at radius 3 is 2.17 bits per heavy atom. The second-order valence-corrected chi connectivity index (χ2v) is 5.34. The standard InChI is InChI=1S/C14H13BrN2O2.CH4N2O/c1-9-6-7-12(13(18)8-9)17-14(19)16-11-5-3-2-4-10(11)15;2-1(3)4/h2-8,18H,1H3,(H2,16,17,19);(H4,2,3,4). The van der Waals surface area contributed by atoms with Crippen LogP contribution in [0.25, 0.3) is 0 Å². The van der Waals surface area contributed by atoms with Crippen LogP contribution in [0, 0.1) is 6.92 Å². The number of anilines is 2. The number of hydrogen-bond donors (Lipinski definition) is 5. The molecular formula is C15H17BrN4O3. The smallest absolute Gasteiger partial charge is 0.323 e. The lowest BCUT2D eigenvalue weighted by Gasteiger charge is -2.10. The zero-order chi connectivity index (χ0) is 17.4. The van der Waals surface area contributed by atoms with Crippen LogP contribution in [-0.4, -0.2) is 17.2 Å². The Labute approximate surface area is 141 Å². The molecule has 0 fully saturated rings. The predicted molar refractivity (Wildman–Crippen MR) is 93.4 cm³/mol. The van der Waals surface area contributed by atoms with E-state index in [0.717, 1.165) is 10.0 Å². The molecule has 23 heavy (non-hydrogen) atoms. The number of phenols is 1. The maximum absolute atomic E-state index is 11.8. The summed E-state index contributed by atoms with van der Waals surface area (Å²) in [6, 6.07) is 11.1. The van der Waals surface area contributed by atoms with Crippen molar-refractivity contribution in [1.29, 1.82) is 0 Å². The van der Waals surface area contributed by atoms with Crippen LogP contribution in [0.5, 0.6) is 5.75 Å². The molecule has 0 saturated carbocycles. The molecule has 2 rings (SSSR count). The van der Waals surface area contributed by atoms with E-state index in [-0.39, 0.29) is 5.75 Å². The zero-order valence-corrected chi connectivity index (χ0v) is 13.9. The minimum Gasteiger partial charge on any atom is -0.506 e. The number of para-hydroxylation sites is 1. The minimum absolute atomic E-state index is 0.0438. The van der Waals surface area contributed by atoms with Gasteiger partial charge in [0.15, 0.2) is 0 Å². The van der Waals surface area contributed by atoms with Crippen molar-refractivity contribution in [2.24, 2.45) is 11.5 Å². The average molecular weight is 381 g/mol. The van der Waals surface area contributed by atoms with Gasteiger partial charge in [0.2, 0.25) is 0 Å². The molecule has 0 aliphatic rings. The molecule has 0 radical (unpaired) electrons. The fourth-order valence-electron chi connectivity index (χ4n) is 1.59. The molecule has 0 atom stereocenters. The molecule has 0 unspecified atom stereocenters. The summed E-state index contributed by atoms with van der Waals surface area (Å²) < 4.78 is 0.790. The Morgan fingerprint density at radius 2 is 1.61 bits per heavy atom. The van der Waals surface area contributed by atoms with Gasteiger partial charge in [-0.15, -0.1) is 0 Å². The van der Waals surface area contributed by atoms with Crippen molar-refractivity contribution >= 4 is 39.4 Å². The lowest BCUT2D eigenvalue weighted by atomic mass is 10.2. The van der Waals surface area contributed by atoms with E-state index in [4.69, 9.17) is 4.79 Å². The molecule has 8 heteroatoms. The summed E-state index contributed by atoms with van der Waals surface area (Å²) in [6.45, 7) is 1.87. The largest absolute Gasteiger partial charge is 0.506 e. The highest BCUT2D eigenvalue weighted by atomic mass is 79.9. The van der Waals surface area contributed by atoms with Crippen LogP contribution < -0.4 is 22.1 Å². The summed E-state index contributed by atoms with van der Waals surface area (Å²) in [5.41, 5.74) is 10.5. The number of halogens is 1. The van der Waals surface area contributed by atoms with Crippen LogP contribution in [0.4, 0.5) is 21.0 Å². The average Bonchev–Trinajstić information content (AvgIpc) is 2.44. The van der Waals surface area contributed by atoms with E-state index in [1.165, 1.54) is 0 Å². The number of carbonyl (C=O) groups excluding carboxylic acids is 2. The predicted octanol–water partition coefficient (Wildman–Crippen LogP) is 3.13. The molecule has 4 amide bonds. The Bertz CT molecular complexity index is 703. The van der Waals surface area contributed by atoms with Gasteiger partial charge < -0.3 is 27.2 Å². The number of benzene rings is 2. The minimum atomic E-state index is -0.833. The van der Waals surface area contributed by atoms with E-state index >= 15 is 0 Å². The van der Waals surface area contributed by atoms with Crippen LogP contribution in [-0.2, 0) is 0 Å². The second-order valence-electron chi connectivity index (χ2n) is 4.48. The summed E-state index contributed by atoms with van der Waals surface area (Å²) in [5, 5.41) is 15.0. The SMILES string of the molecule is Cc1ccc(NC(=O)Nc2ccccc2Br)c(O)c1.NC(N)=O. The third-order valence-electron chi connectivity index (χ3n) is 2.52. The number of amides is 4. The molecule has 0 aromatic heterocycles. The number of rotatable bonds is 2. The number of phenolic OH excluding ortho intramolecular Hbond substituents is 1. The van der Waals surface area contributed by atoms with Gasteiger partial charge in [-0.1, -0.05) is 18.2 Å². The third kappa shape index (κ3) is 6.70. The number of aromatic hydroxyl groups is 1. The number of primary amides is 2. The van der Waals surface area contributed by atoms with Gasteiger partial charge in [0.25, 0.3) is 0 Å². The molecule has 2 aromatic carbocycles. The van der Waals surface area contributed by atoms with Crippen LogP contribution in [0.15, 0.2) is 46.9 Å². The summed E-state index contributed by atoms with van der Waals surface area (Å²) in [4.78, 5) is 20.8. The van der Waals surface area contributed by atoms with Crippen LogP contribution >= 0.6 is 15.9 Å². The summed E-state index contributed by atoms with van der Waals surface area (Å²) >= 11 is 3.34. The summed E-state index contributed by atoms with van der Waals surface area (Å²) in [5.74, 6) is 0.0438. The topological polar surface area (TPSA) is 130 Å². The molecule has 0 heterocycles.